The number of thiophene rings is 1. The van der Waals surface area contributed by atoms with Gasteiger partial charge in [0.15, 0.2) is 0 Å². The van der Waals surface area contributed by atoms with Gasteiger partial charge in [-0.1, -0.05) is 0 Å². The Morgan fingerprint density at radius 2 is 1.85 bits per heavy atom. The molecule has 1 aromatic heterocycles. The largest absolute Gasteiger partial charge is 0.465 e. The fourth-order valence-electron chi connectivity index (χ4n) is 1.44. The second-order valence-corrected chi connectivity index (χ2v) is 4.82. The minimum atomic E-state index is -0.872. The quantitative estimate of drug-likeness (QED) is 0.886. The maximum Gasteiger partial charge on any atom is 0.348 e. The molecule has 20 heavy (non-hydrogen) atoms. The number of ether oxygens (including phenoxy) is 1. The number of amides is 1. The van der Waals surface area contributed by atoms with Crippen molar-refractivity contribution in [2.45, 2.75) is 0 Å². The van der Waals surface area contributed by atoms with E-state index in [1.807, 2.05) is 0 Å². The van der Waals surface area contributed by atoms with Crippen LogP contribution < -0.4 is 5.32 Å². The molecule has 0 atom stereocenters. The highest BCUT2D eigenvalue weighted by Crippen LogP contribution is 2.20. The summed E-state index contributed by atoms with van der Waals surface area (Å²) in [5.41, 5.74) is -0.135. The standard InChI is InChI=1S/C13H9F2NO3S/c1-19-13(18)11-5-4-10(20-11)12(17)16-9-3-2-7(14)6-8(9)15/h2-6H,1H3,(H,16,17). The van der Waals surface area contributed by atoms with Gasteiger partial charge in [-0.05, 0) is 24.3 Å². The Bertz CT molecular complexity index is 669. The molecule has 1 amide bonds. The summed E-state index contributed by atoms with van der Waals surface area (Å²) in [6, 6.07) is 5.69. The normalized spacial score (nSPS) is 10.2. The molecule has 0 bridgehead atoms. The molecule has 0 aliphatic heterocycles. The predicted octanol–water partition coefficient (Wildman–Crippen LogP) is 3.07. The number of hydrogen-bond acceptors (Lipinski definition) is 4. The Hall–Kier alpha value is -2.28. The van der Waals surface area contributed by atoms with Crippen molar-refractivity contribution in [2.24, 2.45) is 0 Å². The van der Waals surface area contributed by atoms with Gasteiger partial charge in [0, 0.05) is 6.07 Å². The van der Waals surface area contributed by atoms with Crippen LogP contribution in [0.4, 0.5) is 14.5 Å². The highest BCUT2D eigenvalue weighted by molar-refractivity contribution is 7.16. The smallest absolute Gasteiger partial charge is 0.348 e. The summed E-state index contributed by atoms with van der Waals surface area (Å²) in [6.45, 7) is 0. The summed E-state index contributed by atoms with van der Waals surface area (Å²) in [5, 5.41) is 2.30. The number of hydrogen-bond donors (Lipinski definition) is 1. The third kappa shape index (κ3) is 3.00. The third-order valence-corrected chi connectivity index (χ3v) is 3.46. The van der Waals surface area contributed by atoms with Crippen LogP contribution in [0.5, 0.6) is 0 Å². The van der Waals surface area contributed by atoms with Crippen LogP contribution in [0.3, 0.4) is 0 Å². The molecule has 0 unspecified atom stereocenters. The number of nitrogens with one attached hydrogen (secondary N) is 1. The van der Waals surface area contributed by atoms with E-state index in [0.717, 1.165) is 23.5 Å². The minimum Gasteiger partial charge on any atom is -0.465 e. The molecular formula is C13H9F2NO3S. The van der Waals surface area contributed by atoms with Gasteiger partial charge in [0.1, 0.15) is 16.5 Å². The fraction of sp³-hybridized carbons (Fsp3) is 0.0769. The van der Waals surface area contributed by atoms with Crippen LogP contribution in [-0.2, 0) is 4.74 Å². The lowest BCUT2D eigenvalue weighted by Crippen LogP contribution is -2.11. The van der Waals surface area contributed by atoms with E-state index in [0.29, 0.717) is 6.07 Å². The molecule has 0 saturated carbocycles. The molecule has 7 heteroatoms. The van der Waals surface area contributed by atoms with Gasteiger partial charge >= 0.3 is 5.97 Å². The Kier molecular flexibility index (Phi) is 4.09. The van der Waals surface area contributed by atoms with Gasteiger partial charge < -0.3 is 10.1 Å². The van der Waals surface area contributed by atoms with Crippen LogP contribution in [0, 0.1) is 11.6 Å². The van der Waals surface area contributed by atoms with Gasteiger partial charge in [0.05, 0.1) is 17.7 Å². The number of esters is 1. The SMILES string of the molecule is COC(=O)c1ccc(C(=O)Nc2ccc(F)cc2F)s1. The van der Waals surface area contributed by atoms with Crippen LogP contribution in [-0.4, -0.2) is 19.0 Å². The van der Waals surface area contributed by atoms with E-state index < -0.39 is 23.5 Å². The first kappa shape index (κ1) is 14.1. The Labute approximate surface area is 117 Å². The molecule has 1 aromatic carbocycles. The first-order chi connectivity index (χ1) is 9.51. The molecule has 0 spiro atoms. The van der Waals surface area contributed by atoms with Gasteiger partial charge in [0.25, 0.3) is 5.91 Å². The first-order valence-corrected chi connectivity index (χ1v) is 6.27. The molecule has 2 aromatic rings. The predicted molar refractivity (Wildman–Crippen MR) is 70.0 cm³/mol. The van der Waals surface area contributed by atoms with Gasteiger partial charge in [-0.25, -0.2) is 13.6 Å². The summed E-state index contributed by atoms with van der Waals surface area (Å²) in [7, 11) is 1.23. The van der Waals surface area contributed by atoms with Crippen molar-refractivity contribution in [3.8, 4) is 0 Å². The number of halogens is 2. The minimum absolute atomic E-state index is 0.135. The molecule has 0 saturated heterocycles. The second kappa shape index (κ2) is 5.79. The average Bonchev–Trinajstić information content (AvgIpc) is 2.90. The zero-order chi connectivity index (χ0) is 14.7. The lowest BCUT2D eigenvalue weighted by molar-refractivity contribution is 0.0606. The van der Waals surface area contributed by atoms with Crippen LogP contribution in [0.2, 0.25) is 0 Å². The summed E-state index contributed by atoms with van der Waals surface area (Å²) in [6.07, 6.45) is 0. The van der Waals surface area contributed by atoms with Crippen LogP contribution in [0.1, 0.15) is 19.3 Å². The second-order valence-electron chi connectivity index (χ2n) is 3.73. The maximum atomic E-state index is 13.4. The van der Waals surface area contributed by atoms with Gasteiger partial charge in [-0.2, -0.15) is 0 Å². The first-order valence-electron chi connectivity index (χ1n) is 5.46. The van der Waals surface area contributed by atoms with Crippen molar-refractivity contribution in [2.75, 3.05) is 12.4 Å². The van der Waals surface area contributed by atoms with E-state index in [9.17, 15) is 18.4 Å². The van der Waals surface area contributed by atoms with E-state index in [2.05, 4.69) is 10.1 Å². The molecule has 0 radical (unpaired) electrons. The lowest BCUT2D eigenvalue weighted by atomic mass is 10.3. The molecule has 0 aliphatic rings. The number of carbonyl (C=O) groups excluding carboxylic acids is 2. The molecular weight excluding hydrogens is 288 g/mol. The Morgan fingerprint density at radius 3 is 2.50 bits per heavy atom. The number of anilines is 1. The molecule has 1 N–H and O–H groups in total. The molecule has 1 heterocycles. The van der Waals surface area contributed by atoms with E-state index in [1.54, 1.807) is 0 Å². The van der Waals surface area contributed by atoms with Crippen LogP contribution in [0.25, 0.3) is 0 Å². The van der Waals surface area contributed by atoms with E-state index in [-0.39, 0.29) is 15.4 Å². The van der Waals surface area contributed by atoms with Gasteiger partial charge in [0.2, 0.25) is 0 Å². The molecule has 104 valence electrons. The van der Waals surface area contributed by atoms with E-state index in [1.165, 1.54) is 19.2 Å². The maximum absolute atomic E-state index is 13.4. The molecule has 2 rings (SSSR count). The average molecular weight is 297 g/mol. The summed E-state index contributed by atoms with van der Waals surface area (Å²) >= 11 is 0.919. The zero-order valence-corrected chi connectivity index (χ0v) is 11.1. The number of rotatable bonds is 3. The Balaban J connectivity index is 2.16. The highest BCUT2D eigenvalue weighted by Gasteiger charge is 2.15. The topological polar surface area (TPSA) is 55.4 Å². The number of methoxy groups -OCH3 is 1. The van der Waals surface area contributed by atoms with Gasteiger partial charge in [-0.3, -0.25) is 4.79 Å². The van der Waals surface area contributed by atoms with Crippen LogP contribution in [0.15, 0.2) is 30.3 Å². The Morgan fingerprint density at radius 1 is 1.15 bits per heavy atom. The highest BCUT2D eigenvalue weighted by atomic mass is 32.1. The molecule has 0 fully saturated rings. The van der Waals surface area contributed by atoms with Crippen molar-refractivity contribution >= 4 is 28.9 Å². The van der Waals surface area contributed by atoms with Crippen molar-refractivity contribution in [1.82, 2.24) is 0 Å². The van der Waals surface area contributed by atoms with Crippen molar-refractivity contribution in [3.63, 3.8) is 0 Å². The van der Waals surface area contributed by atoms with Crippen molar-refractivity contribution in [3.05, 3.63) is 51.7 Å². The van der Waals surface area contributed by atoms with Crippen LogP contribution >= 0.6 is 11.3 Å². The van der Waals surface area contributed by atoms with Crippen molar-refractivity contribution in [1.29, 1.82) is 0 Å². The number of benzene rings is 1. The van der Waals surface area contributed by atoms with E-state index >= 15 is 0 Å². The lowest BCUT2D eigenvalue weighted by Gasteiger charge is -2.04. The van der Waals surface area contributed by atoms with Gasteiger partial charge in [-0.15, -0.1) is 11.3 Å². The number of carbonyl (C=O) groups is 2. The zero-order valence-electron chi connectivity index (χ0n) is 10.3. The summed E-state index contributed by atoms with van der Waals surface area (Å²) in [4.78, 5) is 23.6. The molecule has 4 nitrogen and oxygen atoms in total. The van der Waals surface area contributed by atoms with E-state index in [4.69, 9.17) is 0 Å². The monoisotopic (exact) mass is 297 g/mol. The summed E-state index contributed by atoms with van der Waals surface area (Å²) < 4.78 is 30.6. The molecule has 0 aliphatic carbocycles. The summed E-state index contributed by atoms with van der Waals surface area (Å²) in [5.74, 6) is -2.75. The third-order valence-electron chi connectivity index (χ3n) is 2.40. The fourth-order valence-corrected chi connectivity index (χ4v) is 2.26. The van der Waals surface area contributed by atoms with Crippen molar-refractivity contribution < 1.29 is 23.1 Å².